The molecule has 96 valence electrons. The Morgan fingerprint density at radius 3 is 2.61 bits per heavy atom. The number of rotatable bonds is 2. The highest BCUT2D eigenvalue weighted by atomic mass is 35.5. The molecule has 0 aliphatic carbocycles. The third-order valence-corrected chi connectivity index (χ3v) is 4.75. The van der Waals surface area contributed by atoms with E-state index >= 15 is 0 Å². The normalized spacial score (nSPS) is 22.2. The summed E-state index contributed by atoms with van der Waals surface area (Å²) in [5.41, 5.74) is 0.299. The third-order valence-electron chi connectivity index (χ3n) is 2.67. The highest BCUT2D eigenvalue weighted by Crippen LogP contribution is 2.28. The number of halogens is 1. The molecule has 1 atom stereocenters. The van der Waals surface area contributed by atoms with E-state index in [4.69, 9.17) is 11.6 Å². The van der Waals surface area contributed by atoms with E-state index < -0.39 is 27.1 Å². The summed E-state index contributed by atoms with van der Waals surface area (Å²) < 4.78 is 24.4. The van der Waals surface area contributed by atoms with Crippen LogP contribution in [-0.2, 0) is 14.8 Å². The lowest BCUT2D eigenvalue weighted by Crippen LogP contribution is -2.30. The van der Waals surface area contributed by atoms with E-state index in [1.165, 1.54) is 24.3 Å². The van der Waals surface area contributed by atoms with Crippen molar-refractivity contribution in [3.05, 3.63) is 29.8 Å². The predicted octanol–water partition coefficient (Wildman–Crippen LogP) is 1.38. The van der Waals surface area contributed by atoms with Gasteiger partial charge < -0.3 is 0 Å². The molecule has 0 bridgehead atoms. The van der Waals surface area contributed by atoms with Gasteiger partial charge in [-0.1, -0.05) is 13.0 Å². The van der Waals surface area contributed by atoms with Gasteiger partial charge in [-0.2, -0.15) is 0 Å². The Bertz CT molecular complexity index is 626. The van der Waals surface area contributed by atoms with E-state index in [1.54, 1.807) is 6.92 Å². The van der Waals surface area contributed by atoms with Crippen molar-refractivity contribution in [2.45, 2.75) is 6.92 Å². The van der Waals surface area contributed by atoms with E-state index in [9.17, 15) is 18.0 Å². The zero-order valence-electron chi connectivity index (χ0n) is 9.46. The minimum absolute atomic E-state index is 0.149. The van der Waals surface area contributed by atoms with Crippen LogP contribution in [0.15, 0.2) is 24.3 Å². The fraction of sp³-hybridized carbons (Fsp3) is 0.273. The summed E-state index contributed by atoms with van der Waals surface area (Å²) in [5.74, 6) is -1.29. The third kappa shape index (κ3) is 2.13. The second kappa shape index (κ2) is 4.37. The molecule has 0 unspecified atom stereocenters. The fourth-order valence-corrected chi connectivity index (χ4v) is 3.77. The van der Waals surface area contributed by atoms with Gasteiger partial charge in [-0.15, -0.1) is 0 Å². The Morgan fingerprint density at radius 2 is 2.11 bits per heavy atom. The highest BCUT2D eigenvalue weighted by molar-refractivity contribution is 7.94. The monoisotopic (exact) mass is 287 g/mol. The zero-order chi connectivity index (χ0) is 13.5. The van der Waals surface area contributed by atoms with Gasteiger partial charge in [0, 0.05) is 5.56 Å². The second-order valence-electron chi connectivity index (χ2n) is 4.11. The molecule has 1 aromatic carbocycles. The highest BCUT2D eigenvalue weighted by Gasteiger charge is 2.41. The smallest absolute Gasteiger partial charge is 0.252 e. The molecule has 1 saturated heterocycles. The van der Waals surface area contributed by atoms with Crippen molar-refractivity contribution in [2.24, 2.45) is 5.92 Å². The number of anilines is 1. The molecule has 0 spiro atoms. The first kappa shape index (κ1) is 13.0. The van der Waals surface area contributed by atoms with Gasteiger partial charge in [-0.3, -0.25) is 9.59 Å². The van der Waals surface area contributed by atoms with Crippen LogP contribution in [-0.4, -0.2) is 25.3 Å². The second-order valence-corrected chi connectivity index (χ2v) is 6.31. The molecule has 1 aliphatic rings. The van der Waals surface area contributed by atoms with Crippen LogP contribution >= 0.6 is 11.6 Å². The number of amides is 1. The Morgan fingerprint density at radius 1 is 1.44 bits per heavy atom. The maximum absolute atomic E-state index is 11.9. The minimum atomic E-state index is -3.65. The fourth-order valence-electron chi connectivity index (χ4n) is 1.84. The average Bonchev–Trinajstić information content (AvgIpc) is 2.48. The molecule has 0 radical (unpaired) electrons. The first-order valence-corrected chi connectivity index (χ1v) is 7.18. The molecule has 18 heavy (non-hydrogen) atoms. The molecule has 0 aromatic heterocycles. The van der Waals surface area contributed by atoms with Gasteiger partial charge in [-0.05, 0) is 29.8 Å². The summed E-state index contributed by atoms with van der Waals surface area (Å²) in [6.07, 6.45) is 0. The topological polar surface area (TPSA) is 71.5 Å². The lowest BCUT2D eigenvalue weighted by atomic mass is 10.2. The molecule has 1 amide bonds. The van der Waals surface area contributed by atoms with Crippen molar-refractivity contribution in [3.8, 4) is 0 Å². The van der Waals surface area contributed by atoms with Crippen LogP contribution in [0.1, 0.15) is 17.3 Å². The van der Waals surface area contributed by atoms with Crippen LogP contribution in [0.3, 0.4) is 0 Å². The van der Waals surface area contributed by atoms with E-state index in [2.05, 4.69) is 0 Å². The van der Waals surface area contributed by atoms with Gasteiger partial charge in [0.15, 0.2) is 0 Å². The van der Waals surface area contributed by atoms with Gasteiger partial charge in [0.2, 0.25) is 15.9 Å². The predicted molar refractivity (Wildman–Crippen MR) is 67.1 cm³/mol. The largest absolute Gasteiger partial charge is 0.276 e. The van der Waals surface area contributed by atoms with Crippen molar-refractivity contribution in [1.29, 1.82) is 0 Å². The first-order chi connectivity index (χ1) is 8.33. The number of hydrogen-bond acceptors (Lipinski definition) is 4. The summed E-state index contributed by atoms with van der Waals surface area (Å²) in [5, 5.41) is -0.700. The number of nitrogens with zero attached hydrogens (tertiary/aromatic N) is 1. The maximum atomic E-state index is 11.9. The summed E-state index contributed by atoms with van der Waals surface area (Å²) in [4.78, 5) is 22.9. The van der Waals surface area contributed by atoms with Gasteiger partial charge >= 0.3 is 0 Å². The number of sulfonamides is 1. The van der Waals surface area contributed by atoms with E-state index in [0.717, 1.165) is 4.31 Å². The van der Waals surface area contributed by atoms with Crippen molar-refractivity contribution in [1.82, 2.24) is 0 Å². The Hall–Kier alpha value is -1.40. The molecule has 2 rings (SSSR count). The summed E-state index contributed by atoms with van der Waals surface area (Å²) >= 11 is 5.33. The van der Waals surface area contributed by atoms with Crippen molar-refractivity contribution in [3.63, 3.8) is 0 Å². The maximum Gasteiger partial charge on any atom is 0.252 e. The molecule has 0 saturated carbocycles. The van der Waals surface area contributed by atoms with Gasteiger partial charge in [-0.25, -0.2) is 12.7 Å². The zero-order valence-corrected chi connectivity index (χ0v) is 11.0. The molecular weight excluding hydrogens is 278 g/mol. The standard InChI is InChI=1S/C11H10ClNO4S/c1-7-6-18(16,17)13(11(7)15)9-4-2-3-8(5-9)10(12)14/h2-5,7H,6H2,1H3/t7-/m1/s1. The van der Waals surface area contributed by atoms with E-state index in [1.807, 2.05) is 0 Å². The SMILES string of the molecule is C[C@@H]1CS(=O)(=O)N(c2cccc(C(=O)Cl)c2)C1=O. The molecule has 5 nitrogen and oxygen atoms in total. The van der Waals surface area contributed by atoms with Crippen LogP contribution in [0.4, 0.5) is 5.69 Å². The number of hydrogen-bond donors (Lipinski definition) is 0. The summed E-state index contributed by atoms with van der Waals surface area (Å²) in [7, 11) is -3.65. The van der Waals surface area contributed by atoms with Crippen molar-refractivity contribution < 1.29 is 18.0 Å². The van der Waals surface area contributed by atoms with Crippen LogP contribution < -0.4 is 4.31 Å². The van der Waals surface area contributed by atoms with Crippen LogP contribution in [0, 0.1) is 5.92 Å². The van der Waals surface area contributed by atoms with Crippen molar-refractivity contribution >= 4 is 38.5 Å². The molecule has 1 aliphatic heterocycles. The molecule has 7 heteroatoms. The molecular formula is C11H10ClNO4S. The first-order valence-electron chi connectivity index (χ1n) is 5.19. The lowest BCUT2D eigenvalue weighted by molar-refractivity contribution is -0.119. The van der Waals surface area contributed by atoms with Crippen LogP contribution in [0.5, 0.6) is 0 Å². The van der Waals surface area contributed by atoms with E-state index in [-0.39, 0.29) is 17.0 Å². The Kier molecular flexibility index (Phi) is 3.16. The van der Waals surface area contributed by atoms with Gasteiger partial charge in [0.25, 0.3) is 5.24 Å². The number of benzene rings is 1. The quantitative estimate of drug-likeness (QED) is 0.770. The van der Waals surface area contributed by atoms with E-state index in [0.29, 0.717) is 0 Å². The minimum Gasteiger partial charge on any atom is -0.276 e. The molecule has 1 fully saturated rings. The molecule has 0 N–H and O–H groups in total. The molecule has 1 heterocycles. The Labute approximate surface area is 109 Å². The summed E-state index contributed by atoms with van der Waals surface area (Å²) in [6, 6.07) is 5.69. The van der Waals surface area contributed by atoms with Gasteiger partial charge in [0.1, 0.15) is 0 Å². The number of carbonyl (C=O) groups is 2. The summed E-state index contributed by atoms with van der Waals surface area (Å²) in [6.45, 7) is 1.55. The lowest BCUT2D eigenvalue weighted by Gasteiger charge is -2.15. The van der Waals surface area contributed by atoms with Crippen LogP contribution in [0.25, 0.3) is 0 Å². The van der Waals surface area contributed by atoms with Gasteiger partial charge in [0.05, 0.1) is 17.4 Å². The van der Waals surface area contributed by atoms with Crippen molar-refractivity contribution in [2.75, 3.05) is 10.1 Å². The average molecular weight is 288 g/mol. The van der Waals surface area contributed by atoms with Crippen LogP contribution in [0.2, 0.25) is 0 Å². The Balaban J connectivity index is 2.52. The molecule has 1 aromatic rings. The number of carbonyl (C=O) groups excluding carboxylic acids is 2.